The fourth-order valence-corrected chi connectivity index (χ4v) is 3.61. The van der Waals surface area contributed by atoms with E-state index in [2.05, 4.69) is 20.9 Å². The van der Waals surface area contributed by atoms with Crippen LogP contribution in [0.15, 0.2) is 42.5 Å². The van der Waals surface area contributed by atoms with E-state index in [9.17, 15) is 9.59 Å². The van der Waals surface area contributed by atoms with E-state index in [-0.39, 0.29) is 5.91 Å². The third-order valence-electron chi connectivity index (χ3n) is 4.18. The largest absolute Gasteiger partial charge is 0.495 e. The number of aryl methyl sites for hydroxylation is 2. The summed E-state index contributed by atoms with van der Waals surface area (Å²) >= 11 is 1.09. The maximum absolute atomic E-state index is 12.7. The first kappa shape index (κ1) is 21.1. The van der Waals surface area contributed by atoms with Gasteiger partial charge < -0.3 is 20.1 Å². The van der Waals surface area contributed by atoms with Crippen LogP contribution in [0.2, 0.25) is 0 Å². The zero-order chi connectivity index (χ0) is 21.7. The van der Waals surface area contributed by atoms with Gasteiger partial charge >= 0.3 is 6.03 Å². The van der Waals surface area contributed by atoms with Gasteiger partial charge in [-0.15, -0.1) is 0 Å². The molecule has 0 saturated carbocycles. The van der Waals surface area contributed by atoms with Gasteiger partial charge in [0.15, 0.2) is 5.13 Å². The Kier molecular flexibility index (Phi) is 6.53. The molecule has 3 amide bonds. The monoisotopic (exact) mass is 426 g/mol. The summed E-state index contributed by atoms with van der Waals surface area (Å²) in [6.45, 7) is 3.64. The zero-order valence-electron chi connectivity index (χ0n) is 17.0. The van der Waals surface area contributed by atoms with E-state index in [1.807, 2.05) is 19.1 Å². The average molecular weight is 426 g/mol. The number of nitrogens with zero attached hydrogens (tertiary/aromatic N) is 1. The fourth-order valence-electron chi connectivity index (χ4n) is 2.76. The molecule has 0 radical (unpaired) electrons. The van der Waals surface area contributed by atoms with Gasteiger partial charge in [0.2, 0.25) is 0 Å². The maximum Gasteiger partial charge on any atom is 0.325 e. The molecule has 3 rings (SSSR count). The number of hydrogen-bond donors (Lipinski definition) is 3. The second kappa shape index (κ2) is 9.27. The van der Waals surface area contributed by atoms with Gasteiger partial charge in [-0.1, -0.05) is 29.5 Å². The highest BCUT2D eigenvalue weighted by Gasteiger charge is 2.18. The van der Waals surface area contributed by atoms with Crippen molar-refractivity contribution in [1.82, 2.24) is 4.98 Å². The van der Waals surface area contributed by atoms with Crippen molar-refractivity contribution < 1.29 is 19.1 Å². The highest BCUT2D eigenvalue weighted by atomic mass is 32.1. The highest BCUT2D eigenvalue weighted by molar-refractivity contribution is 7.17. The molecular formula is C21H22N4O4S. The SMILES string of the molecule is COc1ccccc1NC(=O)Nc1nc(C)c(C(=O)Nc2cc(C)ccc2OC)s1. The van der Waals surface area contributed by atoms with Crippen LogP contribution in [0.25, 0.3) is 0 Å². The normalized spacial score (nSPS) is 10.3. The summed E-state index contributed by atoms with van der Waals surface area (Å²) in [5, 5.41) is 8.50. The lowest BCUT2D eigenvalue weighted by Gasteiger charge is -2.10. The fraction of sp³-hybridized carbons (Fsp3) is 0.190. The van der Waals surface area contributed by atoms with E-state index >= 15 is 0 Å². The Bertz CT molecular complexity index is 1080. The topological polar surface area (TPSA) is 102 Å². The molecule has 0 aliphatic heterocycles. The summed E-state index contributed by atoms with van der Waals surface area (Å²) < 4.78 is 10.5. The number of aromatic nitrogens is 1. The Balaban J connectivity index is 1.71. The number of rotatable bonds is 6. The van der Waals surface area contributed by atoms with E-state index in [0.29, 0.717) is 38.6 Å². The molecule has 0 atom stereocenters. The molecule has 0 saturated heterocycles. The predicted octanol–water partition coefficient (Wildman–Crippen LogP) is 4.67. The minimum Gasteiger partial charge on any atom is -0.495 e. The molecule has 3 N–H and O–H groups in total. The number of nitrogens with one attached hydrogen (secondary N) is 3. The lowest BCUT2D eigenvalue weighted by Crippen LogP contribution is -2.19. The Morgan fingerprint density at radius 3 is 2.33 bits per heavy atom. The molecule has 0 aliphatic rings. The molecule has 0 spiro atoms. The summed E-state index contributed by atoms with van der Waals surface area (Å²) in [5.41, 5.74) is 2.59. The summed E-state index contributed by atoms with van der Waals surface area (Å²) in [6.07, 6.45) is 0. The molecule has 0 aliphatic carbocycles. The molecule has 1 aromatic heterocycles. The quantitative estimate of drug-likeness (QED) is 0.531. The lowest BCUT2D eigenvalue weighted by atomic mass is 10.2. The van der Waals surface area contributed by atoms with Crippen molar-refractivity contribution in [2.45, 2.75) is 13.8 Å². The van der Waals surface area contributed by atoms with E-state index in [4.69, 9.17) is 9.47 Å². The Morgan fingerprint density at radius 1 is 0.900 bits per heavy atom. The van der Waals surface area contributed by atoms with Crippen LogP contribution in [-0.4, -0.2) is 31.1 Å². The number of benzene rings is 2. The molecule has 0 unspecified atom stereocenters. The summed E-state index contributed by atoms with van der Waals surface area (Å²) in [7, 11) is 3.07. The third-order valence-corrected chi connectivity index (χ3v) is 5.25. The molecule has 1 heterocycles. The van der Waals surface area contributed by atoms with Crippen LogP contribution in [0.3, 0.4) is 0 Å². The first-order valence-electron chi connectivity index (χ1n) is 9.05. The van der Waals surface area contributed by atoms with Gasteiger partial charge in [0.25, 0.3) is 5.91 Å². The molecule has 0 fully saturated rings. The van der Waals surface area contributed by atoms with Crippen LogP contribution in [0.4, 0.5) is 21.3 Å². The summed E-state index contributed by atoms with van der Waals surface area (Å²) in [5.74, 6) is 0.771. The number of amides is 3. The number of carbonyl (C=O) groups excluding carboxylic acids is 2. The zero-order valence-corrected chi connectivity index (χ0v) is 17.8. The van der Waals surface area contributed by atoms with Crippen molar-refractivity contribution >= 4 is 39.8 Å². The van der Waals surface area contributed by atoms with E-state index < -0.39 is 6.03 Å². The number of thiazole rings is 1. The Morgan fingerprint density at radius 2 is 1.60 bits per heavy atom. The molecule has 3 aromatic rings. The molecule has 156 valence electrons. The summed E-state index contributed by atoms with van der Waals surface area (Å²) in [4.78, 5) is 29.7. The van der Waals surface area contributed by atoms with Crippen LogP contribution in [0.5, 0.6) is 11.5 Å². The number of hydrogen-bond acceptors (Lipinski definition) is 6. The molecule has 2 aromatic carbocycles. The molecule has 0 bridgehead atoms. The van der Waals surface area contributed by atoms with Crippen molar-refractivity contribution in [3.05, 3.63) is 58.6 Å². The Labute approximate surface area is 178 Å². The standard InChI is InChI=1S/C21H22N4O4S/c1-12-9-10-17(29-4)15(11-12)23-19(26)18-13(2)22-21(30-18)25-20(27)24-14-7-5-6-8-16(14)28-3/h5-11H,1-4H3,(H,23,26)(H2,22,24,25,27). The van der Waals surface area contributed by atoms with Crippen molar-refractivity contribution in [3.63, 3.8) is 0 Å². The average Bonchev–Trinajstić information content (AvgIpc) is 3.08. The van der Waals surface area contributed by atoms with Gasteiger partial charge in [0, 0.05) is 0 Å². The van der Waals surface area contributed by atoms with Crippen molar-refractivity contribution in [3.8, 4) is 11.5 Å². The van der Waals surface area contributed by atoms with Crippen molar-refractivity contribution in [1.29, 1.82) is 0 Å². The summed E-state index contributed by atoms with van der Waals surface area (Å²) in [6, 6.07) is 12.1. The van der Waals surface area contributed by atoms with Gasteiger partial charge in [-0.05, 0) is 43.7 Å². The van der Waals surface area contributed by atoms with Crippen LogP contribution < -0.4 is 25.4 Å². The van der Waals surface area contributed by atoms with Crippen LogP contribution in [0, 0.1) is 13.8 Å². The number of anilines is 3. The van der Waals surface area contributed by atoms with Gasteiger partial charge in [0.05, 0.1) is 31.3 Å². The van der Waals surface area contributed by atoms with Gasteiger partial charge in [0.1, 0.15) is 16.4 Å². The first-order valence-corrected chi connectivity index (χ1v) is 9.87. The number of urea groups is 1. The van der Waals surface area contributed by atoms with Gasteiger partial charge in [-0.3, -0.25) is 10.1 Å². The van der Waals surface area contributed by atoms with Crippen LogP contribution in [-0.2, 0) is 0 Å². The van der Waals surface area contributed by atoms with Gasteiger partial charge in [-0.2, -0.15) is 0 Å². The maximum atomic E-state index is 12.7. The minimum atomic E-state index is -0.486. The van der Waals surface area contributed by atoms with E-state index in [0.717, 1.165) is 16.9 Å². The number of carbonyl (C=O) groups is 2. The minimum absolute atomic E-state index is 0.307. The second-order valence-corrected chi connectivity index (χ2v) is 7.37. The number of ether oxygens (including phenoxy) is 2. The second-order valence-electron chi connectivity index (χ2n) is 6.37. The number of para-hydroxylation sites is 2. The van der Waals surface area contributed by atoms with Crippen LogP contribution >= 0.6 is 11.3 Å². The third kappa shape index (κ3) is 4.87. The number of methoxy groups -OCH3 is 2. The lowest BCUT2D eigenvalue weighted by molar-refractivity contribution is 0.102. The van der Waals surface area contributed by atoms with Gasteiger partial charge in [-0.25, -0.2) is 9.78 Å². The Hall–Kier alpha value is -3.59. The van der Waals surface area contributed by atoms with Crippen molar-refractivity contribution in [2.75, 3.05) is 30.2 Å². The molecule has 30 heavy (non-hydrogen) atoms. The first-order chi connectivity index (χ1) is 14.4. The van der Waals surface area contributed by atoms with E-state index in [1.54, 1.807) is 44.4 Å². The molecule has 8 nitrogen and oxygen atoms in total. The molecule has 9 heteroatoms. The smallest absolute Gasteiger partial charge is 0.325 e. The predicted molar refractivity (Wildman–Crippen MR) is 118 cm³/mol. The van der Waals surface area contributed by atoms with Crippen molar-refractivity contribution in [2.24, 2.45) is 0 Å². The molecular weight excluding hydrogens is 404 g/mol. The van der Waals surface area contributed by atoms with Crippen LogP contribution in [0.1, 0.15) is 20.9 Å². The van der Waals surface area contributed by atoms with E-state index in [1.165, 1.54) is 7.11 Å². The highest BCUT2D eigenvalue weighted by Crippen LogP contribution is 2.29.